The molecule has 0 bridgehead atoms. The molecule has 6 nitrogen and oxygen atoms in total. The Kier molecular flexibility index (Phi) is 5.35. The highest BCUT2D eigenvalue weighted by Crippen LogP contribution is 2.30. The minimum atomic E-state index is -0.976. The fourth-order valence-electron chi connectivity index (χ4n) is 2.46. The number of hydrogen-bond acceptors (Lipinski definition) is 4. The third-order valence-corrected chi connectivity index (χ3v) is 3.75. The number of benzene rings is 2. The highest BCUT2D eigenvalue weighted by atomic mass is 19.1. The van der Waals surface area contributed by atoms with E-state index in [0.717, 1.165) is 5.56 Å². The van der Waals surface area contributed by atoms with E-state index >= 15 is 0 Å². The monoisotopic (exact) mass is 346 g/mol. The van der Waals surface area contributed by atoms with Gasteiger partial charge in [-0.1, -0.05) is 18.2 Å². The largest absolute Gasteiger partial charge is 0.486 e. The topological polar surface area (TPSA) is 79.8 Å². The zero-order chi connectivity index (χ0) is 17.6. The van der Waals surface area contributed by atoms with E-state index in [1.54, 1.807) is 12.1 Å². The fourth-order valence-corrected chi connectivity index (χ4v) is 2.46. The fraction of sp³-hybridized carbons (Fsp3) is 0.278. The summed E-state index contributed by atoms with van der Waals surface area (Å²) < 4.78 is 24.1. The van der Waals surface area contributed by atoms with Gasteiger partial charge in [-0.3, -0.25) is 0 Å². The molecule has 2 aromatic rings. The number of carbonyl (C=O) groups is 1. The molecule has 0 radical (unpaired) electrons. The summed E-state index contributed by atoms with van der Waals surface area (Å²) in [6.45, 7) is 1.32. The second kappa shape index (κ2) is 7.85. The van der Waals surface area contributed by atoms with Crippen molar-refractivity contribution in [1.29, 1.82) is 0 Å². The van der Waals surface area contributed by atoms with E-state index < -0.39 is 18.0 Å². The molecule has 1 heterocycles. The van der Waals surface area contributed by atoms with Crippen LogP contribution in [0.2, 0.25) is 0 Å². The van der Waals surface area contributed by atoms with Crippen LogP contribution in [0.25, 0.3) is 0 Å². The molecule has 0 saturated heterocycles. The Morgan fingerprint density at radius 3 is 2.72 bits per heavy atom. The van der Waals surface area contributed by atoms with E-state index in [9.17, 15) is 14.3 Å². The summed E-state index contributed by atoms with van der Waals surface area (Å²) in [7, 11) is 0. The Morgan fingerprint density at radius 2 is 1.92 bits per heavy atom. The zero-order valence-electron chi connectivity index (χ0n) is 13.5. The van der Waals surface area contributed by atoms with Crippen LogP contribution in [0.4, 0.5) is 9.18 Å². The Balaban J connectivity index is 1.46. The van der Waals surface area contributed by atoms with E-state index in [1.807, 2.05) is 12.1 Å². The van der Waals surface area contributed by atoms with Gasteiger partial charge in [-0.05, 0) is 35.4 Å². The second-order valence-corrected chi connectivity index (χ2v) is 5.61. The normalized spacial score (nSPS) is 13.8. The molecule has 3 N–H and O–H groups in total. The Bertz CT molecular complexity index is 754. The van der Waals surface area contributed by atoms with E-state index in [-0.39, 0.29) is 6.54 Å². The first-order chi connectivity index (χ1) is 12.1. The van der Waals surface area contributed by atoms with Crippen LogP contribution in [0.15, 0.2) is 42.5 Å². The van der Waals surface area contributed by atoms with Crippen molar-refractivity contribution in [3.05, 3.63) is 59.4 Å². The van der Waals surface area contributed by atoms with Gasteiger partial charge < -0.3 is 25.2 Å². The van der Waals surface area contributed by atoms with E-state index in [0.29, 0.717) is 36.8 Å². The number of hydrogen-bond donors (Lipinski definition) is 3. The van der Waals surface area contributed by atoms with Gasteiger partial charge in [0.25, 0.3) is 0 Å². The first-order valence-corrected chi connectivity index (χ1v) is 7.95. The van der Waals surface area contributed by atoms with Crippen LogP contribution in [-0.2, 0) is 6.54 Å². The van der Waals surface area contributed by atoms with Crippen molar-refractivity contribution in [2.75, 3.05) is 19.8 Å². The number of urea groups is 1. The van der Waals surface area contributed by atoms with Crippen LogP contribution in [0.5, 0.6) is 11.5 Å². The van der Waals surface area contributed by atoms with Gasteiger partial charge in [0.05, 0.1) is 6.10 Å². The summed E-state index contributed by atoms with van der Waals surface area (Å²) >= 11 is 0. The van der Waals surface area contributed by atoms with Gasteiger partial charge in [0, 0.05) is 13.1 Å². The number of aliphatic hydroxyl groups excluding tert-OH is 1. The molecule has 1 aliphatic heterocycles. The first kappa shape index (κ1) is 17.0. The predicted octanol–water partition coefficient (Wildman–Crippen LogP) is 2.13. The van der Waals surface area contributed by atoms with Crippen molar-refractivity contribution in [2.45, 2.75) is 12.6 Å². The summed E-state index contributed by atoms with van der Waals surface area (Å²) in [5.41, 5.74) is 1.28. The molecule has 0 fully saturated rings. The number of amides is 2. The maximum Gasteiger partial charge on any atom is 0.315 e. The maximum absolute atomic E-state index is 13.1. The van der Waals surface area contributed by atoms with Crippen molar-refractivity contribution in [3.8, 4) is 11.5 Å². The molecular weight excluding hydrogens is 327 g/mol. The zero-order valence-corrected chi connectivity index (χ0v) is 13.5. The molecule has 2 aromatic carbocycles. The average molecular weight is 346 g/mol. The molecule has 0 aliphatic carbocycles. The Hall–Kier alpha value is -2.80. The average Bonchev–Trinajstić information content (AvgIpc) is 2.64. The van der Waals surface area contributed by atoms with Gasteiger partial charge >= 0.3 is 6.03 Å². The van der Waals surface area contributed by atoms with Crippen molar-refractivity contribution < 1.29 is 23.8 Å². The number of aliphatic hydroxyl groups is 1. The quantitative estimate of drug-likeness (QED) is 0.775. The summed E-state index contributed by atoms with van der Waals surface area (Å²) in [6.07, 6.45) is -0.976. The van der Waals surface area contributed by atoms with Gasteiger partial charge in [-0.15, -0.1) is 0 Å². The Morgan fingerprint density at radius 1 is 1.12 bits per heavy atom. The molecule has 1 unspecified atom stereocenters. The van der Waals surface area contributed by atoms with Gasteiger partial charge in [0.1, 0.15) is 19.0 Å². The number of halogens is 1. The number of carbonyl (C=O) groups excluding carboxylic acids is 1. The number of ether oxygens (including phenoxy) is 2. The minimum Gasteiger partial charge on any atom is -0.486 e. The van der Waals surface area contributed by atoms with Crippen molar-refractivity contribution in [3.63, 3.8) is 0 Å². The standard InChI is InChI=1S/C18H19FN2O4/c19-14-3-1-2-13(9-14)15(22)11-21-18(23)20-10-12-4-5-16-17(8-12)25-7-6-24-16/h1-5,8-9,15,22H,6-7,10-11H2,(H2,20,21,23). The maximum atomic E-state index is 13.1. The molecule has 0 saturated carbocycles. The summed E-state index contributed by atoms with van der Waals surface area (Å²) in [6, 6.07) is 10.7. The molecular formula is C18H19FN2O4. The Labute approximate surface area is 144 Å². The lowest BCUT2D eigenvalue weighted by atomic mass is 10.1. The highest BCUT2D eigenvalue weighted by molar-refractivity contribution is 5.73. The predicted molar refractivity (Wildman–Crippen MR) is 89.0 cm³/mol. The van der Waals surface area contributed by atoms with Crippen LogP contribution in [-0.4, -0.2) is 30.9 Å². The van der Waals surface area contributed by atoms with Crippen molar-refractivity contribution in [2.24, 2.45) is 0 Å². The number of fused-ring (bicyclic) bond motifs is 1. The van der Waals surface area contributed by atoms with E-state index in [2.05, 4.69) is 10.6 Å². The van der Waals surface area contributed by atoms with E-state index in [1.165, 1.54) is 18.2 Å². The highest BCUT2D eigenvalue weighted by Gasteiger charge is 2.13. The minimum absolute atomic E-state index is 0.0174. The van der Waals surface area contributed by atoms with Crippen LogP contribution in [0, 0.1) is 5.82 Å². The van der Waals surface area contributed by atoms with E-state index in [4.69, 9.17) is 9.47 Å². The molecule has 1 atom stereocenters. The SMILES string of the molecule is O=C(NCc1ccc2c(c1)OCCO2)NCC(O)c1cccc(F)c1. The van der Waals surface area contributed by atoms with Crippen LogP contribution >= 0.6 is 0 Å². The van der Waals surface area contributed by atoms with Crippen molar-refractivity contribution >= 4 is 6.03 Å². The number of rotatable bonds is 5. The molecule has 132 valence electrons. The lowest BCUT2D eigenvalue weighted by molar-refractivity contribution is 0.171. The molecule has 7 heteroatoms. The first-order valence-electron chi connectivity index (χ1n) is 7.95. The summed E-state index contributed by atoms with van der Waals surface area (Å²) in [4.78, 5) is 11.8. The van der Waals surface area contributed by atoms with Gasteiger partial charge in [0.2, 0.25) is 0 Å². The summed E-state index contributed by atoms with van der Waals surface area (Å²) in [5, 5.41) is 15.2. The number of nitrogens with one attached hydrogen (secondary N) is 2. The molecule has 1 aliphatic rings. The van der Waals surface area contributed by atoms with Crippen LogP contribution in [0.1, 0.15) is 17.2 Å². The van der Waals surface area contributed by atoms with Gasteiger partial charge in [-0.25, -0.2) is 9.18 Å². The third kappa shape index (κ3) is 4.60. The molecule has 3 rings (SSSR count). The van der Waals surface area contributed by atoms with Crippen molar-refractivity contribution in [1.82, 2.24) is 10.6 Å². The lowest BCUT2D eigenvalue weighted by Gasteiger charge is -2.19. The van der Waals surface area contributed by atoms with Crippen LogP contribution in [0.3, 0.4) is 0 Å². The molecule has 2 amide bonds. The van der Waals surface area contributed by atoms with Gasteiger partial charge in [-0.2, -0.15) is 0 Å². The second-order valence-electron chi connectivity index (χ2n) is 5.61. The summed E-state index contributed by atoms with van der Waals surface area (Å²) in [5.74, 6) is 0.921. The molecule has 0 spiro atoms. The van der Waals surface area contributed by atoms with Crippen LogP contribution < -0.4 is 20.1 Å². The lowest BCUT2D eigenvalue weighted by Crippen LogP contribution is -2.37. The third-order valence-electron chi connectivity index (χ3n) is 3.75. The molecule has 25 heavy (non-hydrogen) atoms. The smallest absolute Gasteiger partial charge is 0.315 e. The molecule has 0 aromatic heterocycles. The van der Waals surface area contributed by atoms with Gasteiger partial charge in [0.15, 0.2) is 11.5 Å².